The van der Waals surface area contributed by atoms with Gasteiger partial charge in [-0.15, -0.1) is 0 Å². The molecule has 0 unspecified atom stereocenters. The third-order valence-corrected chi connectivity index (χ3v) is 4.70. The van der Waals surface area contributed by atoms with Crippen LogP contribution in [0.2, 0.25) is 0 Å². The Bertz CT molecular complexity index is 1200. The number of anilines is 1. The third kappa shape index (κ3) is 3.78. The zero-order valence-electron chi connectivity index (χ0n) is 16.0. The molecule has 1 N–H and O–H groups in total. The summed E-state index contributed by atoms with van der Waals surface area (Å²) in [6.07, 6.45) is -0.812. The van der Waals surface area contributed by atoms with Crippen LogP contribution in [0.3, 0.4) is 0 Å². The maximum Gasteiger partial charge on any atom is 0.416 e. The molecule has 0 fully saturated rings. The molecule has 0 saturated carbocycles. The number of imidazole rings is 1. The van der Waals surface area contributed by atoms with Crippen LogP contribution in [0.25, 0.3) is 16.7 Å². The number of carbonyl (C=O) groups is 1. The van der Waals surface area contributed by atoms with Crippen LogP contribution in [0.4, 0.5) is 18.9 Å². The number of nitrogens with zero attached hydrogens (tertiary/aromatic N) is 4. The van der Waals surface area contributed by atoms with Gasteiger partial charge in [-0.05, 0) is 36.4 Å². The molecule has 0 aliphatic heterocycles. The van der Waals surface area contributed by atoms with Crippen LogP contribution in [-0.4, -0.2) is 25.2 Å². The predicted octanol–water partition coefficient (Wildman–Crippen LogP) is 4.44. The number of aryl methyl sites for hydroxylation is 1. The zero-order chi connectivity index (χ0) is 21.3. The van der Waals surface area contributed by atoms with E-state index in [9.17, 15) is 18.0 Å². The highest BCUT2D eigenvalue weighted by Crippen LogP contribution is 2.33. The summed E-state index contributed by atoms with van der Waals surface area (Å²) in [5, 5.41) is 6.68. The van der Waals surface area contributed by atoms with E-state index < -0.39 is 17.6 Å². The van der Waals surface area contributed by atoms with Crippen molar-refractivity contribution in [1.29, 1.82) is 0 Å². The third-order valence-electron chi connectivity index (χ3n) is 4.70. The molecule has 1 amide bonds. The fraction of sp³-hybridized carbons (Fsp3) is 0.190. The predicted molar refractivity (Wildman–Crippen MR) is 106 cm³/mol. The first-order chi connectivity index (χ1) is 14.4. The number of alkyl halides is 3. The van der Waals surface area contributed by atoms with E-state index in [2.05, 4.69) is 15.4 Å². The number of fused-ring (bicyclic) bond motifs is 1. The quantitative estimate of drug-likeness (QED) is 0.526. The van der Waals surface area contributed by atoms with E-state index in [1.807, 2.05) is 31.2 Å². The van der Waals surface area contributed by atoms with Crippen molar-refractivity contribution in [2.24, 2.45) is 0 Å². The lowest BCUT2D eigenvalue weighted by molar-refractivity contribution is -0.137. The molecule has 4 aromatic rings. The summed E-state index contributed by atoms with van der Waals surface area (Å²) in [7, 11) is 0. The molecule has 154 valence electrons. The number of hydrogen-bond donors (Lipinski definition) is 1. The Morgan fingerprint density at radius 2 is 1.93 bits per heavy atom. The molecule has 2 aromatic carbocycles. The maximum absolute atomic E-state index is 13.2. The summed E-state index contributed by atoms with van der Waals surface area (Å²) < 4.78 is 42.8. The highest BCUT2D eigenvalue weighted by atomic mass is 19.4. The first-order valence-electron chi connectivity index (χ1n) is 9.32. The second-order valence-corrected chi connectivity index (χ2v) is 6.68. The summed E-state index contributed by atoms with van der Waals surface area (Å²) in [5.74, 6) is 0.267. The van der Waals surface area contributed by atoms with E-state index in [-0.39, 0.29) is 12.2 Å². The molecule has 6 nitrogen and oxygen atoms in total. The molecule has 9 heteroatoms. The molecule has 0 aliphatic rings. The number of hydrogen-bond acceptors (Lipinski definition) is 3. The number of para-hydroxylation sites is 2. The Kier molecular flexibility index (Phi) is 5.03. The van der Waals surface area contributed by atoms with Crippen molar-refractivity contribution < 1.29 is 18.0 Å². The Hall–Kier alpha value is -3.62. The summed E-state index contributed by atoms with van der Waals surface area (Å²) in [6.45, 7) is 1.86. The maximum atomic E-state index is 13.2. The largest absolute Gasteiger partial charge is 0.416 e. The van der Waals surface area contributed by atoms with Crippen LogP contribution in [0.1, 0.15) is 18.3 Å². The average Bonchev–Trinajstić information content (AvgIpc) is 3.36. The van der Waals surface area contributed by atoms with Crippen molar-refractivity contribution in [3.8, 4) is 5.69 Å². The van der Waals surface area contributed by atoms with Gasteiger partial charge in [0.2, 0.25) is 5.91 Å². The first-order valence-corrected chi connectivity index (χ1v) is 9.32. The Labute approximate surface area is 170 Å². The molecular formula is C21H18F3N5O. The highest BCUT2D eigenvalue weighted by Gasteiger charge is 2.31. The fourth-order valence-electron chi connectivity index (χ4n) is 3.33. The summed E-state index contributed by atoms with van der Waals surface area (Å²) >= 11 is 0. The van der Waals surface area contributed by atoms with Crippen LogP contribution in [0, 0.1) is 0 Å². The van der Waals surface area contributed by atoms with Crippen LogP contribution in [0.15, 0.2) is 60.9 Å². The Balaban J connectivity index is 1.68. The monoisotopic (exact) mass is 413 g/mol. The molecule has 0 aliphatic carbocycles. The lowest BCUT2D eigenvalue weighted by atomic mass is 10.1. The zero-order valence-corrected chi connectivity index (χ0v) is 16.0. The Morgan fingerprint density at radius 1 is 1.13 bits per heavy atom. The van der Waals surface area contributed by atoms with E-state index in [0.29, 0.717) is 12.1 Å². The summed E-state index contributed by atoms with van der Waals surface area (Å²) in [5.41, 5.74) is 1.07. The standard InChI is InChI=1S/C21H18F3N5O/c1-2-19-26-15-6-3-4-7-17(15)28(19)13-20(30)27-16-12-14(21(22,23)24)8-9-18(16)29-11-5-10-25-29/h3-12H,2,13H2,1H3,(H,27,30). The van der Waals surface area contributed by atoms with Crippen molar-refractivity contribution in [3.63, 3.8) is 0 Å². The molecule has 0 bridgehead atoms. The lowest BCUT2D eigenvalue weighted by Crippen LogP contribution is -2.21. The van der Waals surface area contributed by atoms with Gasteiger partial charge in [0.25, 0.3) is 0 Å². The summed E-state index contributed by atoms with van der Waals surface area (Å²) in [6, 6.07) is 12.2. The van der Waals surface area contributed by atoms with Gasteiger partial charge in [0.15, 0.2) is 0 Å². The number of halogens is 3. The van der Waals surface area contributed by atoms with Crippen LogP contribution >= 0.6 is 0 Å². The normalized spacial score (nSPS) is 11.7. The average molecular weight is 413 g/mol. The van der Waals surface area contributed by atoms with E-state index in [0.717, 1.165) is 29.0 Å². The molecule has 0 spiro atoms. The molecule has 0 atom stereocenters. The number of rotatable bonds is 5. The van der Waals surface area contributed by atoms with Crippen molar-refractivity contribution in [2.45, 2.75) is 26.1 Å². The topological polar surface area (TPSA) is 64.7 Å². The summed E-state index contributed by atoms with van der Waals surface area (Å²) in [4.78, 5) is 17.3. The number of aromatic nitrogens is 4. The van der Waals surface area contributed by atoms with E-state index in [1.54, 1.807) is 16.8 Å². The smallest absolute Gasteiger partial charge is 0.323 e. The van der Waals surface area contributed by atoms with Gasteiger partial charge in [-0.2, -0.15) is 18.3 Å². The second kappa shape index (κ2) is 7.66. The van der Waals surface area contributed by atoms with E-state index >= 15 is 0 Å². The van der Waals surface area contributed by atoms with Gasteiger partial charge in [-0.3, -0.25) is 4.79 Å². The van der Waals surface area contributed by atoms with Crippen molar-refractivity contribution in [1.82, 2.24) is 19.3 Å². The molecule has 4 rings (SSSR count). The molecule has 2 heterocycles. The van der Waals surface area contributed by atoms with Gasteiger partial charge >= 0.3 is 6.18 Å². The minimum absolute atomic E-state index is 0.0287. The number of amides is 1. The van der Waals surface area contributed by atoms with Crippen LogP contribution in [0.5, 0.6) is 0 Å². The van der Waals surface area contributed by atoms with Crippen LogP contribution < -0.4 is 5.32 Å². The van der Waals surface area contributed by atoms with Gasteiger partial charge in [-0.25, -0.2) is 9.67 Å². The number of nitrogens with one attached hydrogen (secondary N) is 1. The van der Waals surface area contributed by atoms with Gasteiger partial charge in [-0.1, -0.05) is 19.1 Å². The van der Waals surface area contributed by atoms with Crippen molar-refractivity contribution >= 4 is 22.6 Å². The van der Waals surface area contributed by atoms with Crippen molar-refractivity contribution in [3.05, 3.63) is 72.3 Å². The highest BCUT2D eigenvalue weighted by molar-refractivity contribution is 5.93. The van der Waals surface area contributed by atoms with Gasteiger partial charge in [0.1, 0.15) is 12.4 Å². The second-order valence-electron chi connectivity index (χ2n) is 6.68. The van der Waals surface area contributed by atoms with E-state index in [1.165, 1.54) is 16.9 Å². The van der Waals surface area contributed by atoms with E-state index in [4.69, 9.17) is 0 Å². The van der Waals surface area contributed by atoms with Crippen molar-refractivity contribution in [2.75, 3.05) is 5.32 Å². The molecule has 0 saturated heterocycles. The molecular weight excluding hydrogens is 395 g/mol. The minimum Gasteiger partial charge on any atom is -0.323 e. The SMILES string of the molecule is CCc1nc2ccccc2n1CC(=O)Nc1cc(C(F)(F)F)ccc1-n1cccn1. The van der Waals surface area contributed by atoms with Crippen LogP contribution in [-0.2, 0) is 23.9 Å². The molecule has 2 aromatic heterocycles. The lowest BCUT2D eigenvalue weighted by Gasteiger charge is -2.15. The first kappa shape index (κ1) is 19.7. The number of carbonyl (C=O) groups excluding carboxylic acids is 1. The Morgan fingerprint density at radius 3 is 2.63 bits per heavy atom. The molecule has 0 radical (unpaired) electrons. The molecule has 30 heavy (non-hydrogen) atoms. The minimum atomic E-state index is -4.53. The fourth-order valence-corrected chi connectivity index (χ4v) is 3.33. The van der Waals surface area contributed by atoms with Gasteiger partial charge in [0.05, 0.1) is 28.0 Å². The number of benzene rings is 2. The van der Waals surface area contributed by atoms with Gasteiger partial charge in [0, 0.05) is 18.8 Å². The van der Waals surface area contributed by atoms with Gasteiger partial charge < -0.3 is 9.88 Å².